The molecule has 2 aromatic carbocycles. The van der Waals surface area contributed by atoms with Gasteiger partial charge in [0.15, 0.2) is 0 Å². The van der Waals surface area contributed by atoms with Crippen molar-refractivity contribution in [2.24, 2.45) is 5.92 Å². The molecular weight excluding hydrogens is 410 g/mol. The maximum absolute atomic E-state index is 12.9. The van der Waals surface area contributed by atoms with Gasteiger partial charge in [0.25, 0.3) is 5.91 Å². The topological polar surface area (TPSA) is 62.3 Å². The highest BCUT2D eigenvalue weighted by molar-refractivity contribution is 6.04. The zero-order valence-corrected chi connectivity index (χ0v) is 19.2. The first-order valence-electron chi connectivity index (χ1n) is 11.7. The van der Waals surface area contributed by atoms with E-state index in [1.54, 1.807) is 6.92 Å². The highest BCUT2D eigenvalue weighted by Crippen LogP contribution is 2.23. The lowest BCUT2D eigenvalue weighted by Gasteiger charge is -2.31. The van der Waals surface area contributed by atoms with E-state index in [2.05, 4.69) is 28.5 Å². The fourth-order valence-corrected chi connectivity index (χ4v) is 4.44. The molecule has 4 rings (SSSR count). The number of para-hydroxylation sites is 1. The van der Waals surface area contributed by atoms with Crippen molar-refractivity contribution in [2.75, 3.05) is 18.4 Å². The van der Waals surface area contributed by atoms with E-state index in [1.807, 2.05) is 59.6 Å². The third-order valence-corrected chi connectivity index (χ3v) is 6.44. The Labute approximate surface area is 195 Å². The summed E-state index contributed by atoms with van der Waals surface area (Å²) in [6, 6.07) is 21.8. The third kappa shape index (κ3) is 6.28. The van der Waals surface area contributed by atoms with Gasteiger partial charge in [-0.3, -0.25) is 14.6 Å². The molecule has 170 valence electrons. The lowest BCUT2D eigenvalue weighted by molar-refractivity contribution is -0.130. The van der Waals surface area contributed by atoms with Gasteiger partial charge in [-0.2, -0.15) is 0 Å². The lowest BCUT2D eigenvalue weighted by atomic mass is 9.90. The standard InChI is InChI=1S/C28H31N3O2/c1-21(32)31-18-15-23(16-19-31)20-22-9-11-25(12-10-22)28(33)30-27-8-3-2-6-24(27)13-14-26-7-4-5-17-29-26/h2-12,17,23H,13-16,18-20H2,1H3,(H,30,33). The van der Waals surface area contributed by atoms with Crippen molar-refractivity contribution >= 4 is 17.5 Å². The third-order valence-electron chi connectivity index (χ3n) is 6.44. The molecule has 0 radical (unpaired) electrons. The average Bonchev–Trinajstić information content (AvgIpc) is 2.85. The number of nitrogens with zero attached hydrogens (tertiary/aromatic N) is 2. The summed E-state index contributed by atoms with van der Waals surface area (Å²) in [7, 11) is 0. The zero-order chi connectivity index (χ0) is 23.0. The molecule has 5 nitrogen and oxygen atoms in total. The molecule has 33 heavy (non-hydrogen) atoms. The molecule has 0 aliphatic carbocycles. The fourth-order valence-electron chi connectivity index (χ4n) is 4.44. The second kappa shape index (κ2) is 10.9. The number of carbonyl (C=O) groups excluding carboxylic acids is 2. The van der Waals surface area contributed by atoms with Crippen LogP contribution in [0.5, 0.6) is 0 Å². The van der Waals surface area contributed by atoms with Gasteiger partial charge in [0, 0.05) is 43.2 Å². The number of aromatic nitrogens is 1. The number of nitrogens with one attached hydrogen (secondary N) is 1. The summed E-state index contributed by atoms with van der Waals surface area (Å²) in [5.74, 6) is 0.662. The number of rotatable bonds is 7. The quantitative estimate of drug-likeness (QED) is 0.566. The summed E-state index contributed by atoms with van der Waals surface area (Å²) in [6.45, 7) is 3.34. The van der Waals surface area contributed by atoms with E-state index in [9.17, 15) is 9.59 Å². The van der Waals surface area contributed by atoms with Crippen LogP contribution in [-0.2, 0) is 24.1 Å². The van der Waals surface area contributed by atoms with E-state index in [0.717, 1.165) is 62.1 Å². The Morgan fingerprint density at radius 3 is 2.36 bits per heavy atom. The summed E-state index contributed by atoms with van der Waals surface area (Å²) in [6.07, 6.45) is 6.52. The first-order chi connectivity index (χ1) is 16.1. The Morgan fingerprint density at radius 2 is 1.67 bits per heavy atom. The number of hydrogen-bond donors (Lipinski definition) is 1. The largest absolute Gasteiger partial charge is 0.343 e. The van der Waals surface area contributed by atoms with Crippen LogP contribution in [-0.4, -0.2) is 34.8 Å². The van der Waals surface area contributed by atoms with E-state index in [1.165, 1.54) is 5.56 Å². The molecule has 1 fully saturated rings. The van der Waals surface area contributed by atoms with Gasteiger partial charge in [-0.05, 0) is 79.5 Å². The minimum Gasteiger partial charge on any atom is -0.343 e. The Hall–Kier alpha value is -3.47. The lowest BCUT2D eigenvalue weighted by Crippen LogP contribution is -2.37. The van der Waals surface area contributed by atoms with Crippen LogP contribution in [0.25, 0.3) is 0 Å². The number of amides is 2. The number of hydrogen-bond acceptors (Lipinski definition) is 3. The molecule has 0 atom stereocenters. The molecule has 2 amide bonds. The predicted molar refractivity (Wildman–Crippen MR) is 131 cm³/mol. The van der Waals surface area contributed by atoms with Crippen molar-refractivity contribution in [3.8, 4) is 0 Å². The van der Waals surface area contributed by atoms with Gasteiger partial charge in [0.1, 0.15) is 0 Å². The van der Waals surface area contributed by atoms with Crippen molar-refractivity contribution in [1.82, 2.24) is 9.88 Å². The molecule has 5 heteroatoms. The Bertz CT molecular complexity index is 1070. The number of aryl methyl sites for hydroxylation is 2. The van der Waals surface area contributed by atoms with Gasteiger partial charge in [0.05, 0.1) is 0 Å². The highest BCUT2D eigenvalue weighted by atomic mass is 16.2. The van der Waals surface area contributed by atoms with E-state index < -0.39 is 0 Å². The van der Waals surface area contributed by atoms with Crippen LogP contribution in [0.3, 0.4) is 0 Å². The van der Waals surface area contributed by atoms with E-state index in [0.29, 0.717) is 11.5 Å². The second-order valence-corrected chi connectivity index (χ2v) is 8.78. The van der Waals surface area contributed by atoms with Gasteiger partial charge in [-0.15, -0.1) is 0 Å². The van der Waals surface area contributed by atoms with Crippen LogP contribution in [0.15, 0.2) is 72.9 Å². The maximum Gasteiger partial charge on any atom is 0.255 e. The van der Waals surface area contributed by atoms with Crippen LogP contribution < -0.4 is 5.32 Å². The molecule has 0 spiro atoms. The number of anilines is 1. The van der Waals surface area contributed by atoms with E-state index >= 15 is 0 Å². The smallest absolute Gasteiger partial charge is 0.255 e. The number of carbonyl (C=O) groups is 2. The second-order valence-electron chi connectivity index (χ2n) is 8.78. The van der Waals surface area contributed by atoms with Gasteiger partial charge >= 0.3 is 0 Å². The fraction of sp³-hybridized carbons (Fsp3) is 0.321. The minimum absolute atomic E-state index is 0.0957. The zero-order valence-electron chi connectivity index (χ0n) is 19.2. The van der Waals surface area contributed by atoms with Gasteiger partial charge in [-0.1, -0.05) is 36.4 Å². The van der Waals surface area contributed by atoms with Crippen molar-refractivity contribution in [2.45, 2.75) is 39.0 Å². The van der Waals surface area contributed by atoms with Crippen molar-refractivity contribution < 1.29 is 9.59 Å². The Kier molecular flexibility index (Phi) is 7.51. The summed E-state index contributed by atoms with van der Waals surface area (Å²) >= 11 is 0. The molecule has 1 aromatic heterocycles. The molecule has 1 aliphatic rings. The summed E-state index contributed by atoms with van der Waals surface area (Å²) < 4.78 is 0. The number of pyridine rings is 1. The van der Waals surface area contributed by atoms with Crippen LogP contribution >= 0.6 is 0 Å². The molecule has 0 saturated carbocycles. The average molecular weight is 442 g/mol. The first-order valence-corrected chi connectivity index (χ1v) is 11.7. The molecule has 1 aliphatic heterocycles. The van der Waals surface area contributed by atoms with Gasteiger partial charge < -0.3 is 10.2 Å². The summed E-state index contributed by atoms with van der Waals surface area (Å²) in [4.78, 5) is 30.7. The Balaban J connectivity index is 1.33. The van der Waals surface area contributed by atoms with Crippen molar-refractivity contribution in [1.29, 1.82) is 0 Å². The van der Waals surface area contributed by atoms with Gasteiger partial charge in [-0.25, -0.2) is 0 Å². The van der Waals surface area contributed by atoms with Crippen LogP contribution in [0.1, 0.15) is 46.9 Å². The number of benzene rings is 2. The van der Waals surface area contributed by atoms with Crippen LogP contribution in [0.4, 0.5) is 5.69 Å². The van der Waals surface area contributed by atoms with Crippen LogP contribution in [0, 0.1) is 5.92 Å². The SMILES string of the molecule is CC(=O)N1CCC(Cc2ccc(C(=O)Nc3ccccc3CCc3ccccn3)cc2)CC1. The molecule has 1 N–H and O–H groups in total. The monoisotopic (exact) mass is 441 g/mol. The molecule has 3 aromatic rings. The normalized spacial score (nSPS) is 14.2. The van der Waals surface area contributed by atoms with Crippen LogP contribution in [0.2, 0.25) is 0 Å². The molecule has 0 unspecified atom stereocenters. The predicted octanol–water partition coefficient (Wildman–Crippen LogP) is 4.92. The first kappa shape index (κ1) is 22.7. The van der Waals surface area contributed by atoms with Crippen molar-refractivity contribution in [3.05, 3.63) is 95.3 Å². The van der Waals surface area contributed by atoms with Gasteiger partial charge in [0.2, 0.25) is 5.91 Å². The summed E-state index contributed by atoms with van der Waals surface area (Å²) in [5.41, 5.74) is 4.89. The summed E-state index contributed by atoms with van der Waals surface area (Å²) in [5, 5.41) is 3.08. The maximum atomic E-state index is 12.9. The number of likely N-dealkylation sites (tertiary alicyclic amines) is 1. The number of piperidine rings is 1. The Morgan fingerprint density at radius 1 is 0.939 bits per heavy atom. The highest BCUT2D eigenvalue weighted by Gasteiger charge is 2.21. The minimum atomic E-state index is -0.0957. The van der Waals surface area contributed by atoms with E-state index in [4.69, 9.17) is 0 Å². The van der Waals surface area contributed by atoms with E-state index in [-0.39, 0.29) is 11.8 Å². The molecule has 2 heterocycles. The van der Waals surface area contributed by atoms with Crippen molar-refractivity contribution in [3.63, 3.8) is 0 Å². The molecular formula is C28H31N3O2. The molecule has 1 saturated heterocycles. The molecule has 0 bridgehead atoms.